The number of anilines is 1. The summed E-state index contributed by atoms with van der Waals surface area (Å²) in [6, 6.07) is 18.2. The van der Waals surface area contributed by atoms with Gasteiger partial charge in [0.15, 0.2) is 0 Å². The van der Waals surface area contributed by atoms with Crippen LogP contribution in [0.5, 0.6) is 0 Å². The van der Waals surface area contributed by atoms with Crippen molar-refractivity contribution in [1.82, 2.24) is 4.98 Å². The Morgan fingerprint density at radius 3 is 2.40 bits per heavy atom. The lowest BCUT2D eigenvalue weighted by atomic mass is 9.97. The van der Waals surface area contributed by atoms with Crippen molar-refractivity contribution in [3.63, 3.8) is 0 Å². The summed E-state index contributed by atoms with van der Waals surface area (Å²) in [5, 5.41) is 5.37. The minimum Gasteiger partial charge on any atom is -0.322 e. The highest BCUT2D eigenvalue weighted by Crippen LogP contribution is 2.35. The number of halogens is 3. The molecule has 0 saturated heterocycles. The summed E-state index contributed by atoms with van der Waals surface area (Å²) in [7, 11) is 0. The molecule has 0 unspecified atom stereocenters. The average Bonchev–Trinajstić information content (AvgIpc) is 2.71. The molecular weight excluding hydrogens is 439 g/mol. The molecule has 1 N–H and O–H groups in total. The van der Waals surface area contributed by atoms with Gasteiger partial charge in [-0.2, -0.15) is 0 Å². The molecule has 0 aliphatic heterocycles. The van der Waals surface area contributed by atoms with Crippen molar-refractivity contribution >= 4 is 57.3 Å². The van der Waals surface area contributed by atoms with Crippen molar-refractivity contribution in [2.75, 3.05) is 5.32 Å². The zero-order valence-electron chi connectivity index (χ0n) is 16.3. The smallest absolute Gasteiger partial charge is 0.256 e. The topological polar surface area (TPSA) is 42.0 Å². The number of aromatic nitrogens is 1. The third kappa shape index (κ3) is 3.77. The van der Waals surface area contributed by atoms with Crippen LogP contribution in [0.3, 0.4) is 0 Å². The first kappa shape index (κ1) is 20.7. The largest absolute Gasteiger partial charge is 0.322 e. The molecule has 1 amide bonds. The number of fused-ring (bicyclic) bond motifs is 1. The lowest BCUT2D eigenvalue weighted by Gasteiger charge is -2.16. The summed E-state index contributed by atoms with van der Waals surface area (Å²) in [5.41, 5.74) is 4.82. The normalized spacial score (nSPS) is 11.0. The fourth-order valence-electron chi connectivity index (χ4n) is 3.47. The van der Waals surface area contributed by atoms with Crippen LogP contribution in [-0.2, 0) is 0 Å². The average molecular weight is 456 g/mol. The van der Waals surface area contributed by atoms with Crippen molar-refractivity contribution in [2.45, 2.75) is 13.8 Å². The molecule has 3 nitrogen and oxygen atoms in total. The van der Waals surface area contributed by atoms with Gasteiger partial charge >= 0.3 is 0 Å². The monoisotopic (exact) mass is 454 g/mol. The molecule has 0 radical (unpaired) electrons. The Labute approximate surface area is 189 Å². The third-order valence-electron chi connectivity index (χ3n) is 5.07. The predicted molar refractivity (Wildman–Crippen MR) is 126 cm³/mol. The Balaban J connectivity index is 1.91. The molecule has 0 saturated carbocycles. The number of benzene rings is 3. The first-order valence-electron chi connectivity index (χ1n) is 9.28. The number of rotatable bonds is 3. The van der Waals surface area contributed by atoms with Crippen LogP contribution in [0.4, 0.5) is 5.69 Å². The van der Waals surface area contributed by atoms with Gasteiger partial charge in [0.2, 0.25) is 0 Å². The van der Waals surface area contributed by atoms with Gasteiger partial charge in [-0.1, -0.05) is 59.1 Å². The summed E-state index contributed by atoms with van der Waals surface area (Å²) in [6.45, 7) is 3.74. The van der Waals surface area contributed by atoms with Gasteiger partial charge in [0.05, 0.1) is 21.8 Å². The van der Waals surface area contributed by atoms with Crippen LogP contribution in [0.15, 0.2) is 60.7 Å². The zero-order valence-corrected chi connectivity index (χ0v) is 18.5. The summed E-state index contributed by atoms with van der Waals surface area (Å²) in [6.07, 6.45) is 0. The van der Waals surface area contributed by atoms with Gasteiger partial charge in [-0.25, -0.2) is 4.98 Å². The van der Waals surface area contributed by atoms with Crippen molar-refractivity contribution in [1.29, 1.82) is 0 Å². The molecule has 0 aliphatic carbocycles. The minimum atomic E-state index is -0.234. The number of hydrogen-bond acceptors (Lipinski definition) is 2. The van der Waals surface area contributed by atoms with Crippen molar-refractivity contribution < 1.29 is 4.79 Å². The molecule has 3 aromatic carbocycles. The van der Waals surface area contributed by atoms with Crippen molar-refractivity contribution in [3.8, 4) is 11.3 Å². The second-order valence-corrected chi connectivity index (χ2v) is 8.22. The zero-order chi connectivity index (χ0) is 21.4. The second-order valence-electron chi connectivity index (χ2n) is 6.97. The Morgan fingerprint density at radius 1 is 0.867 bits per heavy atom. The van der Waals surface area contributed by atoms with Gasteiger partial charge in [-0.15, -0.1) is 0 Å². The number of para-hydroxylation sites is 1. The van der Waals surface area contributed by atoms with Crippen LogP contribution < -0.4 is 5.32 Å². The van der Waals surface area contributed by atoms with E-state index in [9.17, 15) is 4.79 Å². The fourth-order valence-corrected chi connectivity index (χ4v) is 4.14. The molecule has 6 heteroatoms. The quantitative estimate of drug-likeness (QED) is 0.343. The maximum Gasteiger partial charge on any atom is 0.256 e. The molecule has 0 spiro atoms. The molecule has 1 aromatic heterocycles. The van der Waals surface area contributed by atoms with Crippen LogP contribution >= 0.6 is 34.8 Å². The molecule has 4 aromatic rings. The summed E-state index contributed by atoms with van der Waals surface area (Å²) >= 11 is 18.7. The van der Waals surface area contributed by atoms with Gasteiger partial charge < -0.3 is 5.32 Å². The van der Waals surface area contributed by atoms with Crippen LogP contribution in [0.2, 0.25) is 15.1 Å². The molecule has 1 heterocycles. The van der Waals surface area contributed by atoms with E-state index in [4.69, 9.17) is 39.8 Å². The van der Waals surface area contributed by atoms with E-state index < -0.39 is 0 Å². The Bertz CT molecular complexity index is 1300. The van der Waals surface area contributed by atoms with Crippen molar-refractivity contribution in [2.24, 2.45) is 0 Å². The number of carbonyl (C=O) groups is 1. The Hall–Kier alpha value is -2.59. The lowest BCUT2D eigenvalue weighted by molar-refractivity contribution is 0.102. The minimum absolute atomic E-state index is 0.234. The maximum atomic E-state index is 13.4. The van der Waals surface area contributed by atoms with Gasteiger partial charge in [0.1, 0.15) is 0 Å². The van der Waals surface area contributed by atoms with Gasteiger partial charge in [0, 0.05) is 26.7 Å². The van der Waals surface area contributed by atoms with E-state index in [0.717, 1.165) is 22.1 Å². The maximum absolute atomic E-state index is 13.4. The van der Waals surface area contributed by atoms with Crippen LogP contribution in [0.1, 0.15) is 21.5 Å². The molecule has 4 rings (SSSR count). The summed E-state index contributed by atoms with van der Waals surface area (Å²) in [5.74, 6) is -0.234. The van der Waals surface area contributed by atoms with Crippen LogP contribution in [0, 0.1) is 13.8 Å². The van der Waals surface area contributed by atoms with Crippen molar-refractivity contribution in [3.05, 3.63) is 92.4 Å². The van der Waals surface area contributed by atoms with E-state index in [1.165, 1.54) is 0 Å². The highest BCUT2D eigenvalue weighted by molar-refractivity contribution is 6.36. The van der Waals surface area contributed by atoms with E-state index in [1.807, 2.05) is 50.2 Å². The third-order valence-corrected chi connectivity index (χ3v) is 6.02. The number of hydrogen-bond donors (Lipinski definition) is 1. The highest BCUT2D eigenvalue weighted by Gasteiger charge is 2.21. The molecule has 150 valence electrons. The summed E-state index contributed by atoms with van der Waals surface area (Å²) in [4.78, 5) is 18.2. The number of carbonyl (C=O) groups excluding carboxylic acids is 1. The van der Waals surface area contributed by atoms with Gasteiger partial charge in [0.25, 0.3) is 5.91 Å². The standard InChI is InChI=1S/C24H17Cl3N2O/c1-13-18(26)7-5-9-20(13)29-24(30)22-14(2)23(16-11-10-15(25)12-19(16)27)28-21-8-4-3-6-17(21)22/h3-12H,1-2H3,(H,29,30). The number of amides is 1. The van der Waals surface area contributed by atoms with E-state index in [2.05, 4.69) is 5.32 Å². The first-order chi connectivity index (χ1) is 14.4. The van der Waals surface area contributed by atoms with E-state index >= 15 is 0 Å². The van der Waals surface area contributed by atoms with E-state index in [1.54, 1.807) is 24.3 Å². The van der Waals surface area contributed by atoms with Gasteiger partial charge in [-0.05, 0) is 61.4 Å². The number of nitrogens with zero attached hydrogens (tertiary/aromatic N) is 1. The molecular formula is C24H17Cl3N2O. The predicted octanol–water partition coefficient (Wildman–Crippen LogP) is 7.73. The highest BCUT2D eigenvalue weighted by atomic mass is 35.5. The first-order valence-corrected chi connectivity index (χ1v) is 10.4. The molecule has 0 bridgehead atoms. The van der Waals surface area contributed by atoms with Gasteiger partial charge in [-0.3, -0.25) is 4.79 Å². The SMILES string of the molecule is Cc1c(Cl)cccc1NC(=O)c1c(C)c(-c2ccc(Cl)cc2Cl)nc2ccccc12. The summed E-state index contributed by atoms with van der Waals surface area (Å²) < 4.78 is 0. The Morgan fingerprint density at radius 2 is 1.63 bits per heavy atom. The Kier molecular flexibility index (Phi) is 5.70. The molecule has 30 heavy (non-hydrogen) atoms. The fraction of sp³-hybridized carbons (Fsp3) is 0.0833. The number of nitrogens with one attached hydrogen (secondary N) is 1. The van der Waals surface area contributed by atoms with Crippen LogP contribution in [0.25, 0.3) is 22.2 Å². The molecule has 0 atom stereocenters. The number of pyridine rings is 1. The molecule has 0 aliphatic rings. The van der Waals surface area contributed by atoms with Crippen LogP contribution in [-0.4, -0.2) is 10.9 Å². The molecule has 0 fully saturated rings. The van der Waals surface area contributed by atoms with E-state index in [0.29, 0.717) is 37.5 Å². The second kappa shape index (κ2) is 8.27. The van der Waals surface area contributed by atoms with E-state index in [-0.39, 0.29) is 5.91 Å². The lowest BCUT2D eigenvalue weighted by Crippen LogP contribution is -2.16.